The number of rotatable bonds is 14. The minimum absolute atomic E-state index is 0.0552. The smallest absolute Gasteiger partial charge is 0.155 e. The highest BCUT2D eigenvalue weighted by Gasteiger charge is 2.44. The van der Waals surface area contributed by atoms with E-state index in [-0.39, 0.29) is 17.9 Å². The van der Waals surface area contributed by atoms with Gasteiger partial charge in [-0.15, -0.1) is 0 Å². The maximum Gasteiger partial charge on any atom is 0.155 e. The van der Waals surface area contributed by atoms with Crippen LogP contribution in [-0.2, 0) is 19.8 Å². The summed E-state index contributed by atoms with van der Waals surface area (Å²) in [6.45, 7) is 8.64. The highest BCUT2D eigenvalue weighted by Crippen LogP contribution is 2.46. The molecule has 0 radical (unpaired) electrons. The molecule has 1 aliphatic rings. The quantitative estimate of drug-likeness (QED) is 0.513. The van der Waals surface area contributed by atoms with Gasteiger partial charge in [-0.3, -0.25) is 4.79 Å². The van der Waals surface area contributed by atoms with Gasteiger partial charge in [0.05, 0.1) is 6.61 Å². The van der Waals surface area contributed by atoms with E-state index in [2.05, 4.69) is 43.4 Å². The minimum atomic E-state index is 0.0552. The predicted octanol–water partition coefficient (Wildman–Crippen LogP) is 3.45. The van der Waals surface area contributed by atoms with Gasteiger partial charge in [0.15, 0.2) is 5.78 Å². The van der Waals surface area contributed by atoms with E-state index < -0.39 is 0 Å². The van der Waals surface area contributed by atoms with Crippen molar-refractivity contribution in [1.82, 2.24) is 5.32 Å². The van der Waals surface area contributed by atoms with Crippen molar-refractivity contribution >= 4 is 5.78 Å². The van der Waals surface area contributed by atoms with Crippen molar-refractivity contribution in [3.05, 3.63) is 29.8 Å². The summed E-state index contributed by atoms with van der Waals surface area (Å²) < 4.78 is 16.5. The molecule has 0 heterocycles. The summed E-state index contributed by atoms with van der Waals surface area (Å²) in [5.74, 6) is 0.964. The maximum absolute atomic E-state index is 10.7. The van der Waals surface area contributed by atoms with E-state index >= 15 is 0 Å². The molecular formula is C21H33NO4. The number of ether oxygens (including phenoxy) is 3. The first-order valence-electron chi connectivity index (χ1n) is 9.68. The van der Waals surface area contributed by atoms with E-state index in [0.717, 1.165) is 18.6 Å². The van der Waals surface area contributed by atoms with Gasteiger partial charge >= 0.3 is 0 Å². The SMILES string of the molecule is CC(=O)COCCCOCCCOc1ccc(C2(NC(C)C)CC2)cc1. The van der Waals surface area contributed by atoms with Gasteiger partial charge in [-0.2, -0.15) is 0 Å². The lowest BCUT2D eigenvalue weighted by Crippen LogP contribution is -2.34. The van der Waals surface area contributed by atoms with Gasteiger partial charge in [0.1, 0.15) is 12.4 Å². The molecule has 0 spiro atoms. The molecule has 0 aliphatic heterocycles. The third-order valence-electron chi connectivity index (χ3n) is 4.31. The van der Waals surface area contributed by atoms with Crippen molar-refractivity contribution in [2.24, 2.45) is 0 Å². The molecule has 1 aliphatic carbocycles. The lowest BCUT2D eigenvalue weighted by molar-refractivity contribution is -0.121. The van der Waals surface area contributed by atoms with Crippen LogP contribution in [0, 0.1) is 0 Å². The topological polar surface area (TPSA) is 56.8 Å². The van der Waals surface area contributed by atoms with Crippen LogP contribution >= 0.6 is 0 Å². The second-order valence-electron chi connectivity index (χ2n) is 7.33. The van der Waals surface area contributed by atoms with E-state index in [1.807, 2.05) is 0 Å². The lowest BCUT2D eigenvalue weighted by Gasteiger charge is -2.21. The summed E-state index contributed by atoms with van der Waals surface area (Å²) in [6, 6.07) is 8.97. The van der Waals surface area contributed by atoms with Gasteiger partial charge in [-0.05, 0) is 43.9 Å². The first kappa shape index (κ1) is 20.9. The highest BCUT2D eigenvalue weighted by molar-refractivity contribution is 5.76. The Kier molecular flexibility index (Phi) is 8.55. The fourth-order valence-electron chi connectivity index (χ4n) is 3.00. The summed E-state index contributed by atoms with van der Waals surface area (Å²) in [5.41, 5.74) is 1.54. The zero-order valence-corrected chi connectivity index (χ0v) is 16.4. The fraction of sp³-hybridized carbons (Fsp3) is 0.667. The zero-order chi connectivity index (χ0) is 18.8. The van der Waals surface area contributed by atoms with E-state index in [0.29, 0.717) is 32.5 Å². The summed E-state index contributed by atoms with van der Waals surface area (Å²) in [6.07, 6.45) is 4.09. The Morgan fingerprint density at radius 2 is 1.65 bits per heavy atom. The van der Waals surface area contributed by atoms with Crippen molar-refractivity contribution in [1.29, 1.82) is 0 Å². The van der Waals surface area contributed by atoms with Crippen LogP contribution in [0.5, 0.6) is 5.75 Å². The van der Waals surface area contributed by atoms with Gasteiger partial charge in [0.25, 0.3) is 0 Å². The number of carbonyl (C=O) groups is 1. The van der Waals surface area contributed by atoms with Crippen LogP contribution in [0.15, 0.2) is 24.3 Å². The van der Waals surface area contributed by atoms with Gasteiger partial charge in [0.2, 0.25) is 0 Å². The second-order valence-corrected chi connectivity index (χ2v) is 7.33. The van der Waals surface area contributed by atoms with E-state index in [9.17, 15) is 4.79 Å². The summed E-state index contributed by atoms with van der Waals surface area (Å²) >= 11 is 0. The Labute approximate surface area is 157 Å². The van der Waals surface area contributed by atoms with Crippen LogP contribution in [0.2, 0.25) is 0 Å². The molecule has 1 N–H and O–H groups in total. The Morgan fingerprint density at radius 1 is 1.04 bits per heavy atom. The predicted molar refractivity (Wildman–Crippen MR) is 103 cm³/mol. The van der Waals surface area contributed by atoms with Gasteiger partial charge < -0.3 is 19.5 Å². The Morgan fingerprint density at radius 3 is 2.23 bits per heavy atom. The standard InChI is InChI=1S/C21H33NO4/c1-17(2)22-21(10-11-21)19-6-8-20(9-7-19)26-15-5-13-24-12-4-14-25-16-18(3)23/h6-9,17,22H,4-5,10-16H2,1-3H3. The molecule has 5 heteroatoms. The maximum atomic E-state index is 10.7. The van der Waals surface area contributed by atoms with Crippen LogP contribution in [-0.4, -0.2) is 44.9 Å². The van der Waals surface area contributed by atoms with Crippen LogP contribution < -0.4 is 10.1 Å². The highest BCUT2D eigenvalue weighted by atomic mass is 16.5. The molecule has 0 saturated heterocycles. The summed E-state index contributed by atoms with van der Waals surface area (Å²) in [5, 5.41) is 3.67. The van der Waals surface area contributed by atoms with Crippen LogP contribution in [0.1, 0.15) is 52.0 Å². The first-order valence-corrected chi connectivity index (χ1v) is 9.68. The van der Waals surface area contributed by atoms with Crippen molar-refractivity contribution in [2.75, 3.05) is 33.0 Å². The number of hydrogen-bond donors (Lipinski definition) is 1. The van der Waals surface area contributed by atoms with Crippen molar-refractivity contribution in [2.45, 2.75) is 58.0 Å². The van der Waals surface area contributed by atoms with E-state index in [1.165, 1.54) is 25.3 Å². The zero-order valence-electron chi connectivity index (χ0n) is 16.4. The molecule has 5 nitrogen and oxygen atoms in total. The number of ketones is 1. The van der Waals surface area contributed by atoms with Gasteiger partial charge in [-0.25, -0.2) is 0 Å². The largest absolute Gasteiger partial charge is 0.494 e. The Bertz CT molecular complexity index is 537. The molecule has 0 amide bonds. The van der Waals surface area contributed by atoms with Crippen LogP contribution in [0.25, 0.3) is 0 Å². The van der Waals surface area contributed by atoms with Crippen molar-refractivity contribution < 1.29 is 19.0 Å². The third-order valence-corrected chi connectivity index (χ3v) is 4.31. The molecular weight excluding hydrogens is 330 g/mol. The minimum Gasteiger partial charge on any atom is -0.494 e. The van der Waals surface area contributed by atoms with Gasteiger partial charge in [0, 0.05) is 37.8 Å². The molecule has 0 unspecified atom stereocenters. The van der Waals surface area contributed by atoms with E-state index in [4.69, 9.17) is 14.2 Å². The molecule has 0 bridgehead atoms. The molecule has 2 rings (SSSR count). The van der Waals surface area contributed by atoms with Crippen molar-refractivity contribution in [3.63, 3.8) is 0 Å². The van der Waals surface area contributed by atoms with E-state index in [1.54, 1.807) is 0 Å². The fourth-order valence-corrected chi connectivity index (χ4v) is 3.00. The molecule has 0 atom stereocenters. The second kappa shape index (κ2) is 10.7. The first-order chi connectivity index (χ1) is 12.5. The van der Waals surface area contributed by atoms with Gasteiger partial charge in [-0.1, -0.05) is 26.0 Å². The monoisotopic (exact) mass is 363 g/mol. The number of carbonyl (C=O) groups excluding carboxylic acids is 1. The van der Waals surface area contributed by atoms with Crippen LogP contribution in [0.4, 0.5) is 0 Å². The normalized spacial score (nSPS) is 15.2. The number of nitrogens with one attached hydrogen (secondary N) is 1. The number of hydrogen-bond acceptors (Lipinski definition) is 5. The molecule has 0 aromatic heterocycles. The summed E-state index contributed by atoms with van der Waals surface area (Å²) in [4.78, 5) is 10.7. The molecule has 1 saturated carbocycles. The molecule has 1 aromatic rings. The Balaban J connectivity index is 1.53. The average Bonchev–Trinajstić information content (AvgIpc) is 3.36. The lowest BCUT2D eigenvalue weighted by atomic mass is 10.0. The van der Waals surface area contributed by atoms with Crippen LogP contribution in [0.3, 0.4) is 0 Å². The molecule has 1 aromatic carbocycles. The molecule has 1 fully saturated rings. The number of Topliss-reactive ketones (excluding diaryl/α,β-unsaturated/α-hetero) is 1. The van der Waals surface area contributed by atoms with Crippen molar-refractivity contribution in [3.8, 4) is 5.75 Å². The average molecular weight is 363 g/mol. The summed E-state index contributed by atoms with van der Waals surface area (Å²) in [7, 11) is 0. The number of benzene rings is 1. The third kappa shape index (κ3) is 7.44. The molecule has 26 heavy (non-hydrogen) atoms. The Hall–Kier alpha value is -1.43. The molecule has 146 valence electrons.